The van der Waals surface area contributed by atoms with Gasteiger partial charge < -0.3 is 19.9 Å². The van der Waals surface area contributed by atoms with Gasteiger partial charge in [0.05, 0.1) is 18.8 Å². The van der Waals surface area contributed by atoms with E-state index in [1.807, 2.05) is 13.0 Å². The van der Waals surface area contributed by atoms with Gasteiger partial charge in [-0.25, -0.2) is 15.0 Å². The number of guanidine groups is 1. The van der Waals surface area contributed by atoms with E-state index in [-0.39, 0.29) is 30.1 Å². The fraction of sp³-hybridized carbons (Fsp3) is 0.619. The second-order valence-electron chi connectivity index (χ2n) is 7.52. The lowest BCUT2D eigenvalue weighted by atomic mass is 10.3. The van der Waals surface area contributed by atoms with Crippen LogP contribution in [0.3, 0.4) is 0 Å². The molecule has 1 aliphatic heterocycles. The lowest BCUT2D eigenvalue weighted by Crippen LogP contribution is -2.47. The molecule has 1 N–H and O–H groups in total. The molecule has 2 aromatic heterocycles. The van der Waals surface area contributed by atoms with Gasteiger partial charge in [-0.05, 0) is 19.9 Å². The molecule has 0 amide bonds. The van der Waals surface area contributed by atoms with Crippen molar-refractivity contribution in [3.05, 3.63) is 34.5 Å². The van der Waals surface area contributed by atoms with Crippen LogP contribution in [-0.4, -0.2) is 90.7 Å². The van der Waals surface area contributed by atoms with Gasteiger partial charge in [0.25, 0.3) is 0 Å². The molecular weight excluding hydrogens is 539 g/mol. The number of aliphatic imine (C=N–C) groups is 1. The van der Waals surface area contributed by atoms with Crippen LogP contribution in [-0.2, 0) is 11.3 Å². The zero-order valence-corrected chi connectivity index (χ0v) is 22.5. The summed E-state index contributed by atoms with van der Waals surface area (Å²) in [6.07, 6.45) is 3.62. The molecule has 0 saturated carbocycles. The monoisotopic (exact) mass is 574 g/mol. The number of aromatic nitrogens is 3. The zero-order chi connectivity index (χ0) is 22.1. The van der Waals surface area contributed by atoms with E-state index in [2.05, 4.69) is 49.3 Å². The molecule has 1 unspecified atom stereocenters. The first kappa shape index (κ1) is 26.7. The molecule has 32 heavy (non-hydrogen) atoms. The maximum absolute atomic E-state index is 5.37. The van der Waals surface area contributed by atoms with Crippen LogP contribution >= 0.6 is 35.3 Å². The van der Waals surface area contributed by atoms with Crippen molar-refractivity contribution in [2.45, 2.75) is 26.5 Å². The van der Waals surface area contributed by atoms with E-state index >= 15 is 0 Å². The number of methoxy groups -OCH3 is 1. The second kappa shape index (κ2) is 13.9. The highest BCUT2D eigenvalue weighted by molar-refractivity contribution is 14.0. The van der Waals surface area contributed by atoms with Gasteiger partial charge in [-0.3, -0.25) is 9.89 Å². The molecule has 0 aliphatic carbocycles. The highest BCUT2D eigenvalue weighted by atomic mass is 127. The number of thiazole rings is 1. The number of anilines is 1. The van der Waals surface area contributed by atoms with Gasteiger partial charge in [0.15, 0.2) is 5.96 Å². The van der Waals surface area contributed by atoms with Gasteiger partial charge in [0.1, 0.15) is 11.1 Å². The van der Waals surface area contributed by atoms with E-state index in [9.17, 15) is 0 Å². The van der Waals surface area contributed by atoms with Crippen molar-refractivity contribution < 1.29 is 4.74 Å². The Morgan fingerprint density at radius 1 is 1.28 bits per heavy atom. The largest absolute Gasteiger partial charge is 0.375 e. The molecule has 2 aromatic rings. The van der Waals surface area contributed by atoms with Crippen LogP contribution in [0.5, 0.6) is 0 Å². The molecule has 1 saturated heterocycles. The fourth-order valence-corrected chi connectivity index (χ4v) is 4.24. The first-order valence-corrected chi connectivity index (χ1v) is 11.7. The Morgan fingerprint density at radius 2 is 2.00 bits per heavy atom. The Kier molecular flexibility index (Phi) is 11.6. The Labute approximate surface area is 212 Å². The smallest absolute Gasteiger partial charge is 0.225 e. The summed E-state index contributed by atoms with van der Waals surface area (Å²) in [7, 11) is 3.77. The van der Waals surface area contributed by atoms with Gasteiger partial charge in [-0.15, -0.1) is 35.3 Å². The first-order valence-electron chi connectivity index (χ1n) is 10.8. The van der Waals surface area contributed by atoms with Gasteiger partial charge >= 0.3 is 0 Å². The molecule has 1 fully saturated rings. The summed E-state index contributed by atoms with van der Waals surface area (Å²) in [4.78, 5) is 25.1. The van der Waals surface area contributed by atoms with Crippen molar-refractivity contribution in [3.63, 3.8) is 0 Å². The molecule has 0 aromatic carbocycles. The third-order valence-electron chi connectivity index (χ3n) is 5.25. The number of nitrogens with one attached hydrogen (secondary N) is 1. The van der Waals surface area contributed by atoms with Crippen LogP contribution < -0.4 is 10.2 Å². The summed E-state index contributed by atoms with van der Waals surface area (Å²) in [6.45, 7) is 11.3. The van der Waals surface area contributed by atoms with E-state index in [1.165, 1.54) is 0 Å². The average molecular weight is 575 g/mol. The topological polar surface area (TPSA) is 82.0 Å². The number of rotatable bonds is 9. The van der Waals surface area contributed by atoms with E-state index in [0.29, 0.717) is 6.54 Å². The summed E-state index contributed by atoms with van der Waals surface area (Å²) >= 11 is 1.64. The van der Waals surface area contributed by atoms with Crippen molar-refractivity contribution in [2.75, 3.05) is 64.9 Å². The van der Waals surface area contributed by atoms with Crippen LogP contribution in [0.2, 0.25) is 0 Å². The van der Waals surface area contributed by atoms with E-state index in [0.717, 1.165) is 68.4 Å². The fourth-order valence-electron chi connectivity index (χ4n) is 3.39. The molecule has 0 bridgehead atoms. The van der Waals surface area contributed by atoms with Gasteiger partial charge in [-0.2, -0.15) is 0 Å². The van der Waals surface area contributed by atoms with Gasteiger partial charge in [-0.1, -0.05) is 0 Å². The predicted molar refractivity (Wildman–Crippen MR) is 141 cm³/mol. The molecule has 1 aliphatic rings. The quantitative estimate of drug-likeness (QED) is 0.278. The number of halogens is 1. The maximum Gasteiger partial charge on any atom is 0.225 e. The van der Waals surface area contributed by atoms with Gasteiger partial charge in [0, 0.05) is 71.2 Å². The Hall–Kier alpha value is -1.57. The maximum atomic E-state index is 5.37. The molecule has 0 spiro atoms. The van der Waals surface area contributed by atoms with E-state index in [4.69, 9.17) is 14.7 Å². The van der Waals surface area contributed by atoms with Crippen molar-refractivity contribution in [3.8, 4) is 0 Å². The van der Waals surface area contributed by atoms with Crippen LogP contribution in [0.15, 0.2) is 28.8 Å². The molecule has 3 heterocycles. The molecule has 0 radical (unpaired) electrons. The standard InChI is InChI=1S/C21H34N8OS.HI/c1-5-22-20(27(3)15-18-16-31-19(26-18)17(2)30-4)25-9-10-28-11-13-29(14-12-28)21-23-7-6-8-24-21;/h6-8,16-17H,5,9-15H2,1-4H3,(H,22,25);1H. The number of nitrogens with zero attached hydrogens (tertiary/aromatic N) is 7. The number of piperazine rings is 1. The van der Waals surface area contributed by atoms with Crippen LogP contribution in [0.1, 0.15) is 30.7 Å². The summed E-state index contributed by atoms with van der Waals surface area (Å²) < 4.78 is 5.37. The third kappa shape index (κ3) is 7.78. The van der Waals surface area contributed by atoms with Crippen LogP contribution in [0.4, 0.5) is 5.95 Å². The molecule has 9 nitrogen and oxygen atoms in total. The normalized spacial score (nSPS) is 15.9. The zero-order valence-electron chi connectivity index (χ0n) is 19.4. The molecule has 178 valence electrons. The van der Waals surface area contributed by atoms with Crippen molar-refractivity contribution >= 4 is 47.2 Å². The van der Waals surface area contributed by atoms with Crippen molar-refractivity contribution in [1.29, 1.82) is 0 Å². The van der Waals surface area contributed by atoms with Crippen molar-refractivity contribution in [1.82, 2.24) is 30.1 Å². The molecule has 11 heteroatoms. The lowest BCUT2D eigenvalue weighted by Gasteiger charge is -2.34. The molecule has 1 atom stereocenters. The number of ether oxygens (including phenoxy) is 1. The Balaban J connectivity index is 0.00000363. The lowest BCUT2D eigenvalue weighted by molar-refractivity contribution is 0.119. The summed E-state index contributed by atoms with van der Waals surface area (Å²) in [5.41, 5.74) is 1.04. The van der Waals surface area contributed by atoms with Crippen molar-refractivity contribution in [2.24, 2.45) is 4.99 Å². The van der Waals surface area contributed by atoms with E-state index in [1.54, 1.807) is 30.8 Å². The SMILES string of the molecule is CCNC(=NCCN1CCN(c2ncccn2)CC1)N(C)Cc1csc(C(C)OC)n1.I. The summed E-state index contributed by atoms with van der Waals surface area (Å²) in [6, 6.07) is 1.85. The Morgan fingerprint density at radius 3 is 2.66 bits per heavy atom. The highest BCUT2D eigenvalue weighted by Crippen LogP contribution is 2.21. The molecular formula is C21H35IN8OS. The minimum Gasteiger partial charge on any atom is -0.375 e. The summed E-state index contributed by atoms with van der Waals surface area (Å²) in [5, 5.41) is 6.50. The molecule has 3 rings (SSSR count). The minimum absolute atomic E-state index is 0. The predicted octanol–water partition coefficient (Wildman–Crippen LogP) is 2.48. The highest BCUT2D eigenvalue weighted by Gasteiger charge is 2.18. The minimum atomic E-state index is 0. The van der Waals surface area contributed by atoms with Crippen LogP contribution in [0, 0.1) is 0 Å². The third-order valence-corrected chi connectivity index (χ3v) is 6.31. The summed E-state index contributed by atoms with van der Waals surface area (Å²) in [5.74, 6) is 1.73. The van der Waals surface area contributed by atoms with Gasteiger partial charge in [0.2, 0.25) is 5.95 Å². The van der Waals surface area contributed by atoms with E-state index < -0.39 is 0 Å². The average Bonchev–Trinajstić information content (AvgIpc) is 3.27. The second-order valence-corrected chi connectivity index (χ2v) is 8.41. The number of hydrogen-bond acceptors (Lipinski definition) is 8. The Bertz CT molecular complexity index is 813. The van der Waals surface area contributed by atoms with Crippen LogP contribution in [0.25, 0.3) is 0 Å². The first-order chi connectivity index (χ1) is 15.1. The number of hydrogen-bond donors (Lipinski definition) is 1.